The van der Waals surface area contributed by atoms with E-state index in [0.717, 1.165) is 49.9 Å². The molecule has 1 aliphatic rings. The Morgan fingerprint density at radius 2 is 2.05 bits per heavy atom. The fourth-order valence-electron chi connectivity index (χ4n) is 2.62. The topological polar surface area (TPSA) is 34.6 Å². The zero-order valence-corrected chi connectivity index (χ0v) is 13.0. The molecule has 2 heterocycles. The highest BCUT2D eigenvalue weighted by atomic mass is 16.5. The number of benzene rings is 1. The molecule has 1 aliphatic heterocycles. The summed E-state index contributed by atoms with van der Waals surface area (Å²) in [5.41, 5.74) is 3.31. The normalized spacial score (nSPS) is 15.7. The van der Waals surface area contributed by atoms with E-state index in [2.05, 4.69) is 28.1 Å². The molecule has 1 saturated heterocycles. The lowest BCUT2D eigenvalue weighted by Crippen LogP contribution is -2.35. The Hall–Kier alpha value is -1.91. The van der Waals surface area contributed by atoms with Gasteiger partial charge >= 0.3 is 0 Å². The predicted molar refractivity (Wildman–Crippen MR) is 86.9 cm³/mol. The first kappa shape index (κ1) is 15.0. The lowest BCUT2D eigenvalue weighted by atomic mass is 10.1. The van der Waals surface area contributed by atoms with Crippen LogP contribution < -0.4 is 4.74 Å². The molecule has 116 valence electrons. The molecule has 1 fully saturated rings. The van der Waals surface area contributed by atoms with Crippen molar-refractivity contribution in [2.24, 2.45) is 0 Å². The van der Waals surface area contributed by atoms with Gasteiger partial charge in [-0.1, -0.05) is 18.2 Å². The van der Waals surface area contributed by atoms with Gasteiger partial charge in [-0.3, -0.25) is 9.88 Å². The van der Waals surface area contributed by atoms with Gasteiger partial charge in [-0.2, -0.15) is 0 Å². The highest BCUT2D eigenvalue weighted by Crippen LogP contribution is 2.22. The Morgan fingerprint density at radius 3 is 2.77 bits per heavy atom. The van der Waals surface area contributed by atoms with E-state index in [1.807, 2.05) is 31.3 Å². The van der Waals surface area contributed by atoms with Gasteiger partial charge < -0.3 is 9.47 Å². The summed E-state index contributed by atoms with van der Waals surface area (Å²) in [5, 5.41) is 0. The molecule has 0 spiro atoms. The van der Waals surface area contributed by atoms with Crippen LogP contribution >= 0.6 is 0 Å². The van der Waals surface area contributed by atoms with Gasteiger partial charge in [0, 0.05) is 31.4 Å². The van der Waals surface area contributed by atoms with E-state index in [1.165, 1.54) is 5.56 Å². The van der Waals surface area contributed by atoms with Crippen molar-refractivity contribution >= 4 is 0 Å². The van der Waals surface area contributed by atoms with Crippen LogP contribution in [0.5, 0.6) is 5.75 Å². The molecule has 0 aliphatic carbocycles. The number of aromatic nitrogens is 1. The van der Waals surface area contributed by atoms with Crippen LogP contribution in [0.4, 0.5) is 0 Å². The van der Waals surface area contributed by atoms with Gasteiger partial charge in [-0.25, -0.2) is 0 Å². The number of nitrogens with zero attached hydrogens (tertiary/aromatic N) is 2. The third-order valence-electron chi connectivity index (χ3n) is 3.78. The van der Waals surface area contributed by atoms with Crippen molar-refractivity contribution in [3.8, 4) is 17.0 Å². The minimum absolute atomic E-state index is 0.676. The highest BCUT2D eigenvalue weighted by molar-refractivity contribution is 5.61. The summed E-state index contributed by atoms with van der Waals surface area (Å²) < 4.78 is 10.9. The van der Waals surface area contributed by atoms with Crippen LogP contribution in [-0.2, 0) is 11.3 Å². The SMILES string of the molecule is CCOc1cccc(-c2ccc(CN3CCOCC3)cn2)c1. The molecule has 0 unspecified atom stereocenters. The fraction of sp³-hybridized carbons (Fsp3) is 0.389. The smallest absolute Gasteiger partial charge is 0.119 e. The summed E-state index contributed by atoms with van der Waals surface area (Å²) >= 11 is 0. The van der Waals surface area contributed by atoms with Gasteiger partial charge in [0.05, 0.1) is 25.5 Å². The summed E-state index contributed by atoms with van der Waals surface area (Å²) in [5.74, 6) is 0.888. The van der Waals surface area contributed by atoms with Crippen molar-refractivity contribution in [2.45, 2.75) is 13.5 Å². The van der Waals surface area contributed by atoms with Crippen molar-refractivity contribution < 1.29 is 9.47 Å². The second kappa shape index (κ2) is 7.38. The van der Waals surface area contributed by atoms with Crippen LogP contribution in [-0.4, -0.2) is 42.8 Å². The minimum Gasteiger partial charge on any atom is -0.494 e. The molecule has 1 aromatic carbocycles. The minimum atomic E-state index is 0.676. The van der Waals surface area contributed by atoms with E-state index in [0.29, 0.717) is 6.61 Å². The summed E-state index contributed by atoms with van der Waals surface area (Å²) in [4.78, 5) is 7.00. The van der Waals surface area contributed by atoms with Crippen molar-refractivity contribution in [1.82, 2.24) is 9.88 Å². The third kappa shape index (κ3) is 3.84. The van der Waals surface area contributed by atoms with Gasteiger partial charge in [0.15, 0.2) is 0 Å². The van der Waals surface area contributed by atoms with Crippen LogP contribution in [0, 0.1) is 0 Å². The number of ether oxygens (including phenoxy) is 2. The lowest BCUT2D eigenvalue weighted by molar-refractivity contribution is 0.0341. The Kier molecular flexibility index (Phi) is 5.03. The van der Waals surface area contributed by atoms with E-state index in [4.69, 9.17) is 9.47 Å². The summed E-state index contributed by atoms with van der Waals surface area (Å²) in [6.45, 7) is 7.26. The Labute approximate surface area is 131 Å². The maximum Gasteiger partial charge on any atom is 0.119 e. The standard InChI is InChI=1S/C18H22N2O2/c1-2-22-17-5-3-4-16(12-17)18-7-6-15(13-19-18)14-20-8-10-21-11-9-20/h3-7,12-13H,2,8-11,14H2,1H3. The molecule has 2 aromatic rings. The fourth-order valence-corrected chi connectivity index (χ4v) is 2.62. The van der Waals surface area contributed by atoms with Gasteiger partial charge in [0.1, 0.15) is 5.75 Å². The molecule has 0 N–H and O–H groups in total. The maximum atomic E-state index is 5.55. The third-order valence-corrected chi connectivity index (χ3v) is 3.78. The molecule has 4 heteroatoms. The van der Waals surface area contributed by atoms with Crippen molar-refractivity contribution in [2.75, 3.05) is 32.9 Å². The van der Waals surface area contributed by atoms with Crippen LogP contribution in [0.2, 0.25) is 0 Å². The number of morpholine rings is 1. The summed E-state index contributed by atoms with van der Waals surface area (Å²) in [6.07, 6.45) is 1.97. The second-order valence-corrected chi connectivity index (χ2v) is 5.40. The molecule has 4 nitrogen and oxygen atoms in total. The molecule has 22 heavy (non-hydrogen) atoms. The van der Waals surface area contributed by atoms with Crippen LogP contribution in [0.1, 0.15) is 12.5 Å². The Balaban J connectivity index is 1.69. The van der Waals surface area contributed by atoms with Crippen molar-refractivity contribution in [1.29, 1.82) is 0 Å². The maximum absolute atomic E-state index is 5.55. The zero-order valence-electron chi connectivity index (χ0n) is 13.0. The molecule has 0 saturated carbocycles. The Morgan fingerprint density at radius 1 is 1.18 bits per heavy atom. The van der Waals surface area contributed by atoms with Gasteiger partial charge in [-0.05, 0) is 30.7 Å². The van der Waals surface area contributed by atoms with Gasteiger partial charge in [0.2, 0.25) is 0 Å². The van der Waals surface area contributed by atoms with Gasteiger partial charge in [-0.15, -0.1) is 0 Å². The van der Waals surface area contributed by atoms with E-state index in [-0.39, 0.29) is 0 Å². The van der Waals surface area contributed by atoms with Crippen LogP contribution in [0.3, 0.4) is 0 Å². The average molecular weight is 298 g/mol. The molecule has 1 aromatic heterocycles. The molecular weight excluding hydrogens is 276 g/mol. The molecule has 3 rings (SSSR count). The van der Waals surface area contributed by atoms with Crippen molar-refractivity contribution in [3.05, 3.63) is 48.2 Å². The van der Waals surface area contributed by atoms with Crippen molar-refractivity contribution in [3.63, 3.8) is 0 Å². The summed E-state index contributed by atoms with van der Waals surface area (Å²) in [7, 11) is 0. The van der Waals surface area contributed by atoms with Gasteiger partial charge in [0.25, 0.3) is 0 Å². The van der Waals surface area contributed by atoms with E-state index in [1.54, 1.807) is 0 Å². The molecule has 0 amide bonds. The zero-order chi connectivity index (χ0) is 15.2. The molecule has 0 atom stereocenters. The molecule has 0 bridgehead atoms. The number of pyridine rings is 1. The second-order valence-electron chi connectivity index (χ2n) is 5.40. The first-order chi connectivity index (χ1) is 10.8. The van der Waals surface area contributed by atoms with E-state index < -0.39 is 0 Å². The van der Waals surface area contributed by atoms with Crippen LogP contribution in [0.25, 0.3) is 11.3 Å². The monoisotopic (exact) mass is 298 g/mol. The Bertz CT molecular complexity index is 592. The van der Waals surface area contributed by atoms with E-state index in [9.17, 15) is 0 Å². The first-order valence-electron chi connectivity index (χ1n) is 7.83. The van der Waals surface area contributed by atoms with Crippen LogP contribution in [0.15, 0.2) is 42.6 Å². The average Bonchev–Trinajstić information content (AvgIpc) is 2.57. The number of hydrogen-bond acceptors (Lipinski definition) is 4. The number of hydrogen-bond donors (Lipinski definition) is 0. The quantitative estimate of drug-likeness (QED) is 0.850. The summed E-state index contributed by atoms with van der Waals surface area (Å²) in [6, 6.07) is 12.3. The number of rotatable bonds is 5. The largest absolute Gasteiger partial charge is 0.494 e. The van der Waals surface area contributed by atoms with E-state index >= 15 is 0 Å². The first-order valence-corrected chi connectivity index (χ1v) is 7.83. The highest BCUT2D eigenvalue weighted by Gasteiger charge is 2.11. The predicted octanol–water partition coefficient (Wildman–Crippen LogP) is 2.98. The molecular formula is C18H22N2O2. The molecule has 0 radical (unpaired) electrons. The lowest BCUT2D eigenvalue weighted by Gasteiger charge is -2.26.